The van der Waals surface area contributed by atoms with E-state index >= 15 is 0 Å². The molecule has 0 aliphatic heterocycles. The summed E-state index contributed by atoms with van der Waals surface area (Å²) in [5, 5.41) is 2.65. The van der Waals surface area contributed by atoms with E-state index in [4.69, 9.17) is 0 Å². The van der Waals surface area contributed by atoms with Gasteiger partial charge in [-0.15, -0.1) is 0 Å². The van der Waals surface area contributed by atoms with E-state index in [0.29, 0.717) is 22.5 Å². The van der Waals surface area contributed by atoms with Gasteiger partial charge in [0.1, 0.15) is 11.4 Å². The van der Waals surface area contributed by atoms with Gasteiger partial charge in [-0.1, -0.05) is 29.8 Å². The van der Waals surface area contributed by atoms with E-state index in [0.717, 1.165) is 10.1 Å². The van der Waals surface area contributed by atoms with Gasteiger partial charge >= 0.3 is 0 Å². The van der Waals surface area contributed by atoms with Crippen molar-refractivity contribution in [1.82, 2.24) is 4.57 Å². The molecule has 1 heterocycles. The zero-order chi connectivity index (χ0) is 23.6. The molecule has 3 aromatic rings. The monoisotopic (exact) mass is 452 g/mol. The predicted molar refractivity (Wildman–Crippen MR) is 122 cm³/mol. The molecule has 3 rings (SSSR count). The Bertz CT molecular complexity index is 1370. The number of hydrogen-bond donors (Lipinski definition) is 1. The maximum Gasteiger partial charge on any atom is 0.270 e. The second-order valence-corrected chi connectivity index (χ2v) is 9.58. The van der Waals surface area contributed by atoms with Gasteiger partial charge in [-0.05, 0) is 63.6 Å². The molecule has 1 aromatic heterocycles. The van der Waals surface area contributed by atoms with E-state index in [2.05, 4.69) is 5.32 Å². The zero-order valence-corrected chi connectivity index (χ0v) is 19.1. The maximum absolute atomic E-state index is 13.2. The molecule has 0 aliphatic rings. The normalized spacial score (nSPS) is 11.2. The van der Waals surface area contributed by atoms with Gasteiger partial charge in [-0.2, -0.15) is 0 Å². The number of Topliss-reactive ketones (excluding diaryl/α,β-unsaturated/α-hetero) is 1. The number of sulfone groups is 1. The van der Waals surface area contributed by atoms with Gasteiger partial charge in [0, 0.05) is 16.9 Å². The second-order valence-electron chi connectivity index (χ2n) is 7.69. The molecule has 0 unspecified atom stereocenters. The summed E-state index contributed by atoms with van der Waals surface area (Å²) >= 11 is 0. The number of carbonyl (C=O) groups excluding carboxylic acids is 2. The van der Waals surface area contributed by atoms with Crippen LogP contribution in [0.3, 0.4) is 0 Å². The zero-order valence-electron chi connectivity index (χ0n) is 18.3. The highest BCUT2D eigenvalue weighted by Gasteiger charge is 2.26. The van der Waals surface area contributed by atoms with Crippen LogP contribution in [0.4, 0.5) is 5.69 Å². The fraction of sp³-hybridized carbons (Fsp3) is 0.208. The first-order valence-electron chi connectivity index (χ1n) is 9.94. The van der Waals surface area contributed by atoms with Crippen molar-refractivity contribution in [1.29, 1.82) is 0 Å². The first kappa shape index (κ1) is 23.1. The molecule has 1 amide bonds. The predicted octanol–water partition coefficient (Wildman–Crippen LogP) is 3.45. The lowest BCUT2D eigenvalue weighted by Gasteiger charge is -2.15. The molecule has 0 bridgehead atoms. The van der Waals surface area contributed by atoms with Crippen LogP contribution in [-0.4, -0.2) is 24.7 Å². The van der Waals surface area contributed by atoms with Crippen LogP contribution < -0.4 is 10.9 Å². The summed E-state index contributed by atoms with van der Waals surface area (Å²) in [4.78, 5) is 37.0. The highest BCUT2D eigenvalue weighted by Crippen LogP contribution is 2.22. The number of ketones is 1. The fourth-order valence-corrected chi connectivity index (χ4v) is 4.98. The summed E-state index contributed by atoms with van der Waals surface area (Å²) in [7, 11) is -4.07. The van der Waals surface area contributed by atoms with Crippen LogP contribution in [0, 0.1) is 20.8 Å². The van der Waals surface area contributed by atoms with Gasteiger partial charge in [0.15, 0.2) is 5.78 Å². The van der Waals surface area contributed by atoms with Gasteiger partial charge in [-0.3, -0.25) is 14.4 Å². The molecule has 8 heteroatoms. The minimum atomic E-state index is -4.07. The summed E-state index contributed by atoms with van der Waals surface area (Å²) in [5.41, 5.74) is 1.77. The number of carbonyl (C=O) groups is 2. The highest BCUT2D eigenvalue weighted by atomic mass is 32.2. The van der Waals surface area contributed by atoms with Crippen molar-refractivity contribution in [3.63, 3.8) is 0 Å². The van der Waals surface area contributed by atoms with Gasteiger partial charge < -0.3 is 9.88 Å². The molecule has 0 saturated heterocycles. The van der Waals surface area contributed by atoms with Gasteiger partial charge in [0.2, 0.25) is 15.7 Å². The Labute approximate surface area is 186 Å². The number of pyridine rings is 1. The van der Waals surface area contributed by atoms with Crippen LogP contribution in [0.2, 0.25) is 0 Å². The molecule has 166 valence electrons. The average Bonchev–Trinajstić information content (AvgIpc) is 2.71. The molecule has 2 aromatic carbocycles. The molecule has 0 aliphatic carbocycles. The van der Waals surface area contributed by atoms with Crippen molar-refractivity contribution in [2.24, 2.45) is 0 Å². The number of anilines is 1. The van der Waals surface area contributed by atoms with Gasteiger partial charge in [0.25, 0.3) is 5.56 Å². The van der Waals surface area contributed by atoms with Gasteiger partial charge in [-0.25, -0.2) is 8.42 Å². The summed E-state index contributed by atoms with van der Waals surface area (Å²) in [6, 6.07) is 14.3. The Morgan fingerprint density at radius 1 is 0.969 bits per heavy atom. The number of benzene rings is 2. The topological polar surface area (TPSA) is 102 Å². The number of hydrogen-bond acceptors (Lipinski definition) is 5. The van der Waals surface area contributed by atoms with E-state index in [1.807, 2.05) is 6.92 Å². The Balaban J connectivity index is 1.97. The third kappa shape index (κ3) is 4.70. The first-order valence-corrected chi connectivity index (χ1v) is 11.4. The number of amides is 1. The Kier molecular flexibility index (Phi) is 6.45. The van der Waals surface area contributed by atoms with E-state index in [9.17, 15) is 22.8 Å². The molecule has 0 spiro atoms. The number of nitrogens with zero attached hydrogens (tertiary/aromatic N) is 1. The number of aryl methyl sites for hydroxylation is 3. The third-order valence-corrected chi connectivity index (χ3v) is 7.03. The number of aromatic nitrogens is 1. The van der Waals surface area contributed by atoms with Crippen molar-refractivity contribution >= 4 is 27.2 Å². The molecule has 7 nitrogen and oxygen atoms in total. The second kappa shape index (κ2) is 8.92. The molecular formula is C24H24N2O5S. The average molecular weight is 453 g/mol. The van der Waals surface area contributed by atoms with Crippen molar-refractivity contribution in [3.05, 3.63) is 87.3 Å². The van der Waals surface area contributed by atoms with Crippen LogP contribution in [-0.2, 0) is 21.2 Å². The summed E-state index contributed by atoms with van der Waals surface area (Å²) in [5.74, 6) is -0.656. The quantitative estimate of drug-likeness (QED) is 0.577. The first-order chi connectivity index (χ1) is 15.0. The summed E-state index contributed by atoms with van der Waals surface area (Å²) in [6.07, 6.45) is 0. The Hall–Kier alpha value is -3.52. The molecule has 1 N–H and O–H groups in total. The lowest BCUT2D eigenvalue weighted by molar-refractivity contribution is -0.116. The minimum absolute atomic E-state index is 0.0178. The molecule has 0 atom stereocenters. The van der Waals surface area contributed by atoms with E-state index < -0.39 is 21.3 Å². The SMILES string of the molecule is CC(=O)c1cccc(NC(=O)Cn2c(C)cc(C)c(S(=O)(=O)c3ccc(C)cc3)c2=O)c1. The summed E-state index contributed by atoms with van der Waals surface area (Å²) in [6.45, 7) is 6.09. The smallest absolute Gasteiger partial charge is 0.270 e. The Morgan fingerprint density at radius 3 is 2.25 bits per heavy atom. The van der Waals surface area contributed by atoms with Crippen molar-refractivity contribution < 1.29 is 18.0 Å². The van der Waals surface area contributed by atoms with E-state index in [1.54, 1.807) is 50.2 Å². The molecular weight excluding hydrogens is 428 g/mol. The molecule has 0 fully saturated rings. The number of nitrogens with one attached hydrogen (secondary N) is 1. The van der Waals surface area contributed by atoms with Crippen LogP contribution in [0.5, 0.6) is 0 Å². The van der Waals surface area contributed by atoms with Crippen molar-refractivity contribution in [2.45, 2.75) is 44.0 Å². The fourth-order valence-electron chi connectivity index (χ4n) is 3.43. The molecule has 0 radical (unpaired) electrons. The van der Waals surface area contributed by atoms with Crippen LogP contribution in [0.25, 0.3) is 0 Å². The lowest BCUT2D eigenvalue weighted by atomic mass is 10.1. The largest absolute Gasteiger partial charge is 0.325 e. The van der Waals surface area contributed by atoms with Crippen LogP contribution >= 0.6 is 0 Å². The Morgan fingerprint density at radius 2 is 1.62 bits per heavy atom. The molecule has 32 heavy (non-hydrogen) atoms. The van der Waals surface area contributed by atoms with Crippen LogP contribution in [0.1, 0.15) is 34.1 Å². The lowest BCUT2D eigenvalue weighted by Crippen LogP contribution is -2.33. The minimum Gasteiger partial charge on any atom is -0.325 e. The van der Waals surface area contributed by atoms with Crippen molar-refractivity contribution in [2.75, 3.05) is 5.32 Å². The highest BCUT2D eigenvalue weighted by molar-refractivity contribution is 7.91. The van der Waals surface area contributed by atoms with Gasteiger partial charge in [0.05, 0.1) is 4.90 Å². The third-order valence-electron chi connectivity index (χ3n) is 5.10. The van der Waals surface area contributed by atoms with E-state index in [1.165, 1.54) is 25.1 Å². The van der Waals surface area contributed by atoms with Crippen molar-refractivity contribution in [3.8, 4) is 0 Å². The maximum atomic E-state index is 13.2. The van der Waals surface area contributed by atoms with E-state index in [-0.39, 0.29) is 22.1 Å². The van der Waals surface area contributed by atoms with Crippen LogP contribution in [0.15, 0.2) is 69.2 Å². The molecule has 0 saturated carbocycles. The standard InChI is InChI=1S/C24H24N2O5S/c1-15-8-10-21(11-9-15)32(30,31)23-16(2)12-17(3)26(24(23)29)14-22(28)25-20-7-5-6-19(13-20)18(4)27/h5-13H,14H2,1-4H3,(H,25,28). The summed E-state index contributed by atoms with van der Waals surface area (Å²) < 4.78 is 27.5. The number of rotatable bonds is 6.